The van der Waals surface area contributed by atoms with Gasteiger partial charge in [-0.1, -0.05) is 18.9 Å². The number of thiophene rings is 1. The first-order chi connectivity index (χ1) is 15.2. The summed E-state index contributed by atoms with van der Waals surface area (Å²) in [6.45, 7) is 1.91. The first kappa shape index (κ1) is 20.3. The highest BCUT2D eigenvalue weighted by atomic mass is 32.1. The van der Waals surface area contributed by atoms with E-state index < -0.39 is 6.04 Å². The molecule has 2 aromatic heterocycles. The Morgan fingerprint density at radius 2 is 2.19 bits per heavy atom. The van der Waals surface area contributed by atoms with E-state index in [9.17, 15) is 4.79 Å². The number of carbonyl (C=O) groups excluding carboxylic acids is 1. The Morgan fingerprint density at radius 1 is 1.32 bits per heavy atom. The van der Waals surface area contributed by atoms with Gasteiger partial charge in [-0.25, -0.2) is 4.98 Å². The quantitative estimate of drug-likeness (QED) is 0.516. The monoisotopic (exact) mass is 437 g/mol. The fourth-order valence-corrected chi connectivity index (χ4v) is 5.57. The molecule has 6 nitrogen and oxygen atoms in total. The number of aromatic nitrogens is 2. The van der Waals surface area contributed by atoms with E-state index in [1.165, 1.54) is 31.2 Å². The maximum absolute atomic E-state index is 13.9. The molecule has 0 amide bonds. The highest BCUT2D eigenvalue weighted by Crippen LogP contribution is 2.39. The Bertz CT molecular complexity index is 1040. The topological polar surface area (TPSA) is 65.4 Å². The number of hydrogen-bond donors (Lipinski definition) is 1. The highest BCUT2D eigenvalue weighted by molar-refractivity contribution is 7.12. The van der Waals surface area contributed by atoms with Crippen LogP contribution in [-0.4, -0.2) is 29.1 Å². The van der Waals surface area contributed by atoms with E-state index in [-0.39, 0.29) is 5.78 Å². The predicted octanol–water partition coefficient (Wildman–Crippen LogP) is 5.18. The number of ketones is 1. The van der Waals surface area contributed by atoms with Gasteiger partial charge in [0.15, 0.2) is 0 Å². The van der Waals surface area contributed by atoms with Crippen LogP contribution in [0.5, 0.6) is 5.75 Å². The summed E-state index contributed by atoms with van der Waals surface area (Å²) < 4.78 is 13.0. The van der Waals surface area contributed by atoms with Gasteiger partial charge < -0.3 is 19.4 Å². The lowest BCUT2D eigenvalue weighted by Gasteiger charge is -2.19. The number of imidazole rings is 1. The van der Waals surface area contributed by atoms with Gasteiger partial charge >= 0.3 is 0 Å². The number of hydrogen-bond acceptors (Lipinski definition) is 6. The SMILES string of the molecule is COc1cccc(NC(C(=O)c2sccc2C2CCCC2)c2cn3c(n2)COCC3)c1. The zero-order valence-electron chi connectivity index (χ0n) is 17.7. The van der Waals surface area contributed by atoms with Crippen molar-refractivity contribution in [2.24, 2.45) is 0 Å². The van der Waals surface area contributed by atoms with Crippen LogP contribution in [0.4, 0.5) is 5.69 Å². The normalized spacial score (nSPS) is 17.3. The second-order valence-electron chi connectivity index (χ2n) is 8.19. The minimum absolute atomic E-state index is 0.0797. The number of Topliss-reactive ketones (excluding diaryl/α,β-unsaturated/α-hetero) is 1. The van der Waals surface area contributed by atoms with Crippen molar-refractivity contribution in [1.29, 1.82) is 0 Å². The molecule has 31 heavy (non-hydrogen) atoms. The molecule has 0 bridgehead atoms. The zero-order valence-corrected chi connectivity index (χ0v) is 18.5. The third kappa shape index (κ3) is 4.12. The van der Waals surface area contributed by atoms with E-state index in [4.69, 9.17) is 14.5 Å². The molecule has 1 atom stereocenters. The average molecular weight is 438 g/mol. The number of carbonyl (C=O) groups is 1. The fraction of sp³-hybridized carbons (Fsp3) is 0.417. The van der Waals surface area contributed by atoms with E-state index in [0.717, 1.165) is 34.4 Å². The summed E-state index contributed by atoms with van der Waals surface area (Å²) in [6.07, 6.45) is 6.82. The third-order valence-electron chi connectivity index (χ3n) is 6.24. The molecule has 1 unspecified atom stereocenters. The first-order valence-corrected chi connectivity index (χ1v) is 11.8. The van der Waals surface area contributed by atoms with Crippen molar-refractivity contribution in [3.8, 4) is 5.75 Å². The van der Waals surface area contributed by atoms with Crippen molar-refractivity contribution in [2.75, 3.05) is 19.0 Å². The smallest absolute Gasteiger partial charge is 0.201 e. The number of benzene rings is 1. The van der Waals surface area contributed by atoms with Crippen LogP contribution in [0, 0.1) is 0 Å². The van der Waals surface area contributed by atoms with Gasteiger partial charge in [-0.15, -0.1) is 11.3 Å². The van der Waals surface area contributed by atoms with Crippen LogP contribution in [0.25, 0.3) is 0 Å². The highest BCUT2D eigenvalue weighted by Gasteiger charge is 2.31. The average Bonchev–Trinajstić information content (AvgIpc) is 3.56. The van der Waals surface area contributed by atoms with Gasteiger partial charge in [0.05, 0.1) is 24.3 Å². The first-order valence-electron chi connectivity index (χ1n) is 10.9. The summed E-state index contributed by atoms with van der Waals surface area (Å²) in [7, 11) is 1.64. The number of nitrogens with zero attached hydrogens (tertiary/aromatic N) is 2. The molecule has 0 saturated heterocycles. The molecule has 1 aliphatic carbocycles. The number of anilines is 1. The summed E-state index contributed by atoms with van der Waals surface area (Å²) in [5, 5.41) is 5.50. The number of nitrogens with one attached hydrogen (secondary N) is 1. The zero-order chi connectivity index (χ0) is 21.2. The van der Waals surface area contributed by atoms with Crippen LogP contribution in [0.1, 0.15) is 64.4 Å². The lowest BCUT2D eigenvalue weighted by molar-refractivity contribution is 0.0816. The van der Waals surface area contributed by atoms with Gasteiger partial charge in [0.25, 0.3) is 0 Å². The molecule has 1 N–H and O–H groups in total. The molecule has 2 aliphatic rings. The van der Waals surface area contributed by atoms with Crippen molar-refractivity contribution < 1.29 is 14.3 Å². The lowest BCUT2D eigenvalue weighted by Crippen LogP contribution is -2.22. The molecule has 7 heteroatoms. The van der Waals surface area contributed by atoms with Crippen molar-refractivity contribution in [2.45, 2.75) is 50.8 Å². The largest absolute Gasteiger partial charge is 0.497 e. The minimum atomic E-state index is -0.566. The van der Waals surface area contributed by atoms with Crippen LogP contribution in [-0.2, 0) is 17.9 Å². The summed E-state index contributed by atoms with van der Waals surface area (Å²) in [5.41, 5.74) is 2.77. The molecule has 162 valence electrons. The van der Waals surface area contributed by atoms with Crippen molar-refractivity contribution in [1.82, 2.24) is 9.55 Å². The second kappa shape index (κ2) is 8.85. The summed E-state index contributed by atoms with van der Waals surface area (Å²) in [5.74, 6) is 2.19. The summed E-state index contributed by atoms with van der Waals surface area (Å²) >= 11 is 1.55. The second-order valence-corrected chi connectivity index (χ2v) is 9.10. The molecule has 1 saturated carbocycles. The number of fused-ring (bicyclic) bond motifs is 1. The van der Waals surface area contributed by atoms with E-state index >= 15 is 0 Å². The van der Waals surface area contributed by atoms with E-state index in [0.29, 0.717) is 19.1 Å². The summed E-state index contributed by atoms with van der Waals surface area (Å²) in [4.78, 5) is 19.5. The van der Waals surface area contributed by atoms with Crippen molar-refractivity contribution >= 4 is 22.8 Å². The van der Waals surface area contributed by atoms with Crippen LogP contribution in [0.15, 0.2) is 41.9 Å². The van der Waals surface area contributed by atoms with Gasteiger partial charge in [0.2, 0.25) is 5.78 Å². The third-order valence-corrected chi connectivity index (χ3v) is 7.18. The molecule has 0 spiro atoms. The van der Waals surface area contributed by atoms with E-state index in [2.05, 4.69) is 21.3 Å². The van der Waals surface area contributed by atoms with Crippen molar-refractivity contribution in [3.05, 3.63) is 63.9 Å². The molecule has 5 rings (SSSR count). The predicted molar refractivity (Wildman–Crippen MR) is 121 cm³/mol. The standard InChI is InChI=1S/C24H27N3O3S/c1-29-18-8-4-7-17(13-18)25-22(20-14-27-10-11-30-15-21(27)26-20)23(28)24-19(9-12-31-24)16-5-2-3-6-16/h4,7-9,12-14,16,22,25H,2-3,5-6,10-11,15H2,1H3. The van der Waals surface area contributed by atoms with Gasteiger partial charge in [-0.3, -0.25) is 4.79 Å². The maximum atomic E-state index is 13.9. The Balaban J connectivity index is 1.51. The van der Waals surface area contributed by atoms with Crippen LogP contribution in [0.3, 0.4) is 0 Å². The molecule has 1 aromatic carbocycles. The molecule has 3 heterocycles. The Kier molecular flexibility index (Phi) is 5.78. The van der Waals surface area contributed by atoms with Gasteiger partial charge in [-0.2, -0.15) is 0 Å². The van der Waals surface area contributed by atoms with Crippen LogP contribution < -0.4 is 10.1 Å². The number of ether oxygens (including phenoxy) is 2. The molecular formula is C24H27N3O3S. The van der Waals surface area contributed by atoms with Gasteiger partial charge in [0.1, 0.15) is 24.2 Å². The van der Waals surface area contributed by atoms with E-state index in [1.54, 1.807) is 18.4 Å². The van der Waals surface area contributed by atoms with Gasteiger partial charge in [0, 0.05) is 24.5 Å². The number of rotatable bonds is 7. The number of methoxy groups -OCH3 is 1. The molecule has 1 aliphatic heterocycles. The molecular weight excluding hydrogens is 410 g/mol. The molecule has 0 radical (unpaired) electrons. The Hall–Kier alpha value is -2.64. The van der Waals surface area contributed by atoms with Gasteiger partial charge in [-0.05, 0) is 47.9 Å². The van der Waals surface area contributed by atoms with Crippen molar-refractivity contribution in [3.63, 3.8) is 0 Å². The Morgan fingerprint density at radius 3 is 3.00 bits per heavy atom. The fourth-order valence-electron chi connectivity index (χ4n) is 4.61. The molecule has 3 aromatic rings. The Labute approximate surface area is 186 Å². The summed E-state index contributed by atoms with van der Waals surface area (Å²) in [6, 6.07) is 9.25. The van der Waals surface area contributed by atoms with E-state index in [1.807, 2.05) is 30.5 Å². The lowest BCUT2D eigenvalue weighted by atomic mass is 9.95. The maximum Gasteiger partial charge on any atom is 0.201 e. The minimum Gasteiger partial charge on any atom is -0.497 e. The molecule has 1 fully saturated rings. The van der Waals surface area contributed by atoms with Crippen LogP contribution >= 0.6 is 11.3 Å². The van der Waals surface area contributed by atoms with Crippen LogP contribution in [0.2, 0.25) is 0 Å².